The third-order valence-corrected chi connectivity index (χ3v) is 4.77. The van der Waals surface area contributed by atoms with Gasteiger partial charge >= 0.3 is 5.97 Å². The van der Waals surface area contributed by atoms with Gasteiger partial charge in [0, 0.05) is 5.56 Å². The number of nitrogens with one attached hydrogen (secondary N) is 1. The molecule has 0 heterocycles. The van der Waals surface area contributed by atoms with E-state index in [1.807, 2.05) is 0 Å². The third kappa shape index (κ3) is 5.55. The van der Waals surface area contributed by atoms with Gasteiger partial charge in [-0.25, -0.2) is 18.6 Å². The molecule has 148 valence electrons. The fourth-order valence-electron chi connectivity index (χ4n) is 2.29. The van der Waals surface area contributed by atoms with Crippen LogP contribution in [-0.4, -0.2) is 51.5 Å². The molecule has 0 aromatic heterocycles. The number of methoxy groups -OCH3 is 1. The van der Waals surface area contributed by atoms with Gasteiger partial charge in [-0.1, -0.05) is 18.2 Å². The van der Waals surface area contributed by atoms with Crippen molar-refractivity contribution < 1.29 is 27.9 Å². The molecule has 0 bridgehead atoms. The van der Waals surface area contributed by atoms with E-state index in [4.69, 9.17) is 9.84 Å². The van der Waals surface area contributed by atoms with E-state index in [0.717, 1.165) is 10.6 Å². The van der Waals surface area contributed by atoms with Crippen molar-refractivity contribution in [2.75, 3.05) is 24.2 Å². The molecule has 2 rings (SSSR count). The molecule has 2 aromatic rings. The van der Waals surface area contributed by atoms with Crippen molar-refractivity contribution in [2.24, 2.45) is 5.10 Å². The van der Waals surface area contributed by atoms with Gasteiger partial charge in [0.15, 0.2) is 0 Å². The zero-order valence-electron chi connectivity index (χ0n) is 15.2. The number of aromatic carboxylic acids is 1. The van der Waals surface area contributed by atoms with Gasteiger partial charge in [0.05, 0.1) is 30.8 Å². The molecule has 10 heteroatoms. The lowest BCUT2D eigenvalue weighted by Crippen LogP contribution is -2.39. The van der Waals surface area contributed by atoms with Crippen molar-refractivity contribution in [3.8, 4) is 5.75 Å². The first-order valence-corrected chi connectivity index (χ1v) is 9.83. The lowest BCUT2D eigenvalue weighted by atomic mass is 10.1. The van der Waals surface area contributed by atoms with Gasteiger partial charge < -0.3 is 9.84 Å². The highest BCUT2D eigenvalue weighted by atomic mass is 32.2. The predicted molar refractivity (Wildman–Crippen MR) is 104 cm³/mol. The largest absolute Gasteiger partial charge is 0.497 e. The van der Waals surface area contributed by atoms with E-state index in [2.05, 4.69) is 10.5 Å². The molecular formula is C18H19N3O6S. The highest BCUT2D eigenvalue weighted by Gasteiger charge is 2.20. The first-order chi connectivity index (χ1) is 13.2. The minimum absolute atomic E-state index is 0.0245. The highest BCUT2D eigenvalue weighted by molar-refractivity contribution is 7.92. The standard InChI is InChI=1S/C18H19N3O6S/c1-27-15-9-7-14(8-10-15)21(28(2,25)26)12-17(22)20-19-11-13-5-3-4-6-16(13)18(23)24/h3-11H,12H2,1-2H3,(H,20,22)(H,23,24)/b19-11-. The van der Waals surface area contributed by atoms with Gasteiger partial charge in [-0.3, -0.25) is 9.10 Å². The van der Waals surface area contributed by atoms with Gasteiger partial charge in [-0.2, -0.15) is 5.10 Å². The number of rotatable bonds is 8. The summed E-state index contributed by atoms with van der Waals surface area (Å²) in [7, 11) is -2.24. The van der Waals surface area contributed by atoms with E-state index in [1.165, 1.54) is 37.6 Å². The van der Waals surface area contributed by atoms with Crippen LogP contribution in [0.1, 0.15) is 15.9 Å². The summed E-state index contributed by atoms with van der Waals surface area (Å²) in [5.41, 5.74) is 2.81. The number of hydrazone groups is 1. The van der Waals surface area contributed by atoms with Crippen LogP contribution in [-0.2, 0) is 14.8 Å². The van der Waals surface area contributed by atoms with Crippen molar-refractivity contribution in [2.45, 2.75) is 0 Å². The summed E-state index contributed by atoms with van der Waals surface area (Å²) >= 11 is 0. The number of carbonyl (C=O) groups is 2. The fourth-order valence-corrected chi connectivity index (χ4v) is 3.15. The van der Waals surface area contributed by atoms with Gasteiger partial charge in [0.25, 0.3) is 5.91 Å². The number of amides is 1. The van der Waals surface area contributed by atoms with Crippen molar-refractivity contribution in [1.82, 2.24) is 5.43 Å². The number of sulfonamides is 1. The fraction of sp³-hybridized carbons (Fsp3) is 0.167. The number of anilines is 1. The van der Waals surface area contributed by atoms with E-state index >= 15 is 0 Å². The lowest BCUT2D eigenvalue weighted by Gasteiger charge is -2.21. The molecule has 0 saturated heterocycles. The maximum atomic E-state index is 12.1. The lowest BCUT2D eigenvalue weighted by molar-refractivity contribution is -0.119. The molecule has 0 unspecified atom stereocenters. The molecule has 0 aliphatic carbocycles. The van der Waals surface area contributed by atoms with Gasteiger partial charge in [0.1, 0.15) is 12.3 Å². The summed E-state index contributed by atoms with van der Waals surface area (Å²) in [6.45, 7) is -0.497. The first-order valence-electron chi connectivity index (χ1n) is 7.98. The van der Waals surface area contributed by atoms with Crippen LogP contribution in [0.15, 0.2) is 53.6 Å². The average Bonchev–Trinajstić information content (AvgIpc) is 2.65. The zero-order valence-corrected chi connectivity index (χ0v) is 16.0. The summed E-state index contributed by atoms with van der Waals surface area (Å²) in [6.07, 6.45) is 2.16. The number of nitrogens with zero attached hydrogens (tertiary/aromatic N) is 2. The smallest absolute Gasteiger partial charge is 0.336 e. The van der Waals surface area contributed by atoms with Crippen LogP contribution >= 0.6 is 0 Å². The number of carboxylic acids is 1. The Morgan fingerprint density at radius 1 is 1.18 bits per heavy atom. The molecule has 9 nitrogen and oxygen atoms in total. The molecule has 2 aromatic carbocycles. The summed E-state index contributed by atoms with van der Waals surface area (Å²) in [5, 5.41) is 12.8. The molecule has 0 fully saturated rings. The zero-order chi connectivity index (χ0) is 20.7. The Morgan fingerprint density at radius 2 is 1.82 bits per heavy atom. The molecule has 28 heavy (non-hydrogen) atoms. The van der Waals surface area contributed by atoms with Crippen molar-refractivity contribution in [3.05, 3.63) is 59.7 Å². The number of benzene rings is 2. The second-order valence-electron chi connectivity index (χ2n) is 5.65. The average molecular weight is 405 g/mol. The number of hydrogen-bond donors (Lipinski definition) is 2. The predicted octanol–water partition coefficient (Wildman–Crippen LogP) is 1.31. The maximum absolute atomic E-state index is 12.1. The molecule has 1 amide bonds. The van der Waals surface area contributed by atoms with Crippen LogP contribution in [0, 0.1) is 0 Å². The summed E-state index contributed by atoms with van der Waals surface area (Å²) < 4.78 is 30.0. The molecule has 0 aliphatic rings. The van der Waals surface area contributed by atoms with Gasteiger partial charge in [0.2, 0.25) is 10.0 Å². The second-order valence-corrected chi connectivity index (χ2v) is 7.56. The van der Waals surface area contributed by atoms with E-state index in [1.54, 1.807) is 24.3 Å². The van der Waals surface area contributed by atoms with Crippen LogP contribution in [0.3, 0.4) is 0 Å². The van der Waals surface area contributed by atoms with Crippen LogP contribution in [0.2, 0.25) is 0 Å². The van der Waals surface area contributed by atoms with Crippen LogP contribution < -0.4 is 14.5 Å². The SMILES string of the molecule is COc1ccc(N(CC(=O)N/N=C\c2ccccc2C(=O)O)S(C)(=O)=O)cc1. The number of hydrogen-bond acceptors (Lipinski definition) is 6. The van der Waals surface area contributed by atoms with Crippen molar-refractivity contribution in [1.29, 1.82) is 0 Å². The van der Waals surface area contributed by atoms with Crippen LogP contribution in [0.25, 0.3) is 0 Å². The molecule has 0 aliphatic heterocycles. The van der Waals surface area contributed by atoms with Crippen molar-refractivity contribution in [3.63, 3.8) is 0 Å². The Morgan fingerprint density at radius 3 is 2.39 bits per heavy atom. The summed E-state index contributed by atoms with van der Waals surface area (Å²) in [5.74, 6) is -1.27. The Bertz CT molecular complexity index is 987. The van der Waals surface area contributed by atoms with Gasteiger partial charge in [-0.05, 0) is 30.3 Å². The summed E-state index contributed by atoms with van der Waals surface area (Å²) in [4.78, 5) is 23.3. The van der Waals surface area contributed by atoms with E-state index in [9.17, 15) is 18.0 Å². The Kier molecular flexibility index (Phi) is 6.72. The molecule has 0 atom stereocenters. The minimum Gasteiger partial charge on any atom is -0.497 e. The number of carboxylic acid groups (broad SMARTS) is 1. The quantitative estimate of drug-likeness (QED) is 0.504. The second kappa shape index (κ2) is 9.00. The van der Waals surface area contributed by atoms with E-state index in [-0.39, 0.29) is 5.56 Å². The van der Waals surface area contributed by atoms with E-state index in [0.29, 0.717) is 17.0 Å². The highest BCUT2D eigenvalue weighted by Crippen LogP contribution is 2.21. The molecule has 0 radical (unpaired) electrons. The van der Waals surface area contributed by atoms with Crippen LogP contribution in [0.5, 0.6) is 5.75 Å². The number of ether oxygens (including phenoxy) is 1. The van der Waals surface area contributed by atoms with Crippen LogP contribution in [0.4, 0.5) is 5.69 Å². The van der Waals surface area contributed by atoms with Crippen molar-refractivity contribution >= 4 is 33.8 Å². The Balaban J connectivity index is 2.11. The third-order valence-electron chi connectivity index (χ3n) is 3.63. The molecule has 0 saturated carbocycles. The monoisotopic (exact) mass is 405 g/mol. The normalized spacial score (nSPS) is 11.2. The first kappa shape index (κ1) is 20.9. The topological polar surface area (TPSA) is 125 Å². The maximum Gasteiger partial charge on any atom is 0.336 e. The number of carbonyl (C=O) groups excluding carboxylic acids is 1. The molecular weight excluding hydrogens is 386 g/mol. The Labute approximate surface area is 162 Å². The van der Waals surface area contributed by atoms with E-state index < -0.39 is 28.4 Å². The van der Waals surface area contributed by atoms with Gasteiger partial charge in [-0.15, -0.1) is 0 Å². The molecule has 2 N–H and O–H groups in total. The summed E-state index contributed by atoms with van der Waals surface area (Å²) in [6, 6.07) is 12.3. The minimum atomic E-state index is -3.73. The molecule has 0 spiro atoms. The Hall–Kier alpha value is -3.40.